The number of hydrogen-bond donors (Lipinski definition) is 0. The highest BCUT2D eigenvalue weighted by Gasteiger charge is 2.48. The molecule has 0 unspecified atom stereocenters. The SMILES string of the molecule is C[n+]1ccn(CCCCCCn2cc[n+](C)c2)c1.O=S(=O)([N-]S(=O)(=O)C(F)(F)F)C(F)(F)F.O=S(=O)([N-]S(=O)(=O)C(F)(F)F)C(F)(F)F. The molecule has 282 valence electrons. The molecular weight excluding hydrogens is 784 g/mol. The van der Waals surface area contributed by atoms with E-state index in [-0.39, 0.29) is 0 Å². The Morgan fingerprint density at radius 1 is 0.479 bits per heavy atom. The predicted octanol–water partition coefficient (Wildman–Crippen LogP) is 3.32. The molecule has 14 nitrogen and oxygen atoms in total. The fourth-order valence-corrected chi connectivity index (χ4v) is 6.06. The minimum absolute atomic E-state index is 0.778. The second-order valence-electron chi connectivity index (χ2n) is 8.88. The molecule has 0 aliphatic carbocycles. The molecule has 2 rings (SSSR count). The summed E-state index contributed by atoms with van der Waals surface area (Å²) >= 11 is 0. The third-order valence-corrected chi connectivity index (χ3v) is 10.3. The van der Waals surface area contributed by atoms with Crippen molar-refractivity contribution in [3.05, 3.63) is 45.7 Å². The van der Waals surface area contributed by atoms with Crippen LogP contribution in [-0.2, 0) is 67.3 Å². The monoisotopic (exact) mass is 808 g/mol. The van der Waals surface area contributed by atoms with Crippen LogP contribution < -0.4 is 9.13 Å². The van der Waals surface area contributed by atoms with Gasteiger partial charge in [-0.25, -0.2) is 51.9 Å². The molecule has 48 heavy (non-hydrogen) atoms. The smallest absolute Gasteiger partial charge is 0.421 e. The van der Waals surface area contributed by atoms with Crippen LogP contribution in [0.15, 0.2) is 37.4 Å². The highest BCUT2D eigenvalue weighted by Crippen LogP contribution is 2.37. The van der Waals surface area contributed by atoms with Gasteiger partial charge in [-0.1, -0.05) is 0 Å². The maximum Gasteiger partial charge on any atom is 0.480 e. The van der Waals surface area contributed by atoms with Crippen LogP contribution in [0.4, 0.5) is 52.7 Å². The van der Waals surface area contributed by atoms with Crippen LogP contribution in [0.2, 0.25) is 0 Å². The highest BCUT2D eigenvalue weighted by atomic mass is 32.3. The number of nitrogens with zero attached hydrogens (tertiary/aromatic N) is 6. The Morgan fingerprint density at radius 2 is 0.708 bits per heavy atom. The van der Waals surface area contributed by atoms with E-state index in [9.17, 15) is 86.4 Å². The van der Waals surface area contributed by atoms with Gasteiger partial charge in [-0.05, 0) is 25.7 Å². The number of halogens is 12. The van der Waals surface area contributed by atoms with Gasteiger partial charge < -0.3 is 8.25 Å². The number of sulfonamides is 4. The van der Waals surface area contributed by atoms with Crippen LogP contribution >= 0.6 is 0 Å². The van der Waals surface area contributed by atoms with Crippen molar-refractivity contribution in [2.75, 3.05) is 0 Å². The molecule has 0 fully saturated rings. The lowest BCUT2D eigenvalue weighted by atomic mass is 10.2. The van der Waals surface area contributed by atoms with E-state index in [1.165, 1.54) is 25.7 Å². The maximum absolute atomic E-state index is 11.4. The van der Waals surface area contributed by atoms with Crippen LogP contribution in [0.5, 0.6) is 0 Å². The standard InChI is InChI=1S/C14H24N4.2C2F6NO4S2/c1-15-9-11-17(13-15)7-5-3-4-6-8-18-12-10-16(2)14-18;2*3-1(4,5)14(10,11)9-15(12,13)2(6,7)8/h9-14H,3-8H2,1-2H3;;/q+2;2*-1. The average molecular weight is 809 g/mol. The first-order valence-corrected chi connectivity index (χ1v) is 17.7. The van der Waals surface area contributed by atoms with Gasteiger partial charge in [0.15, 0.2) is 40.1 Å². The lowest BCUT2D eigenvalue weighted by Crippen LogP contribution is -2.30. The van der Waals surface area contributed by atoms with Crippen molar-refractivity contribution in [3.8, 4) is 0 Å². The maximum atomic E-state index is 11.4. The van der Waals surface area contributed by atoms with Gasteiger partial charge in [0.2, 0.25) is 12.7 Å². The van der Waals surface area contributed by atoms with Gasteiger partial charge in [-0.3, -0.25) is 0 Å². The Morgan fingerprint density at radius 3 is 0.875 bits per heavy atom. The summed E-state index contributed by atoms with van der Waals surface area (Å²) in [6.07, 6.45) is 17.9. The normalized spacial score (nSPS) is 13.7. The van der Waals surface area contributed by atoms with E-state index in [4.69, 9.17) is 0 Å². The number of aromatic nitrogens is 4. The molecule has 0 aliphatic rings. The highest BCUT2D eigenvalue weighted by molar-refractivity contribution is 8.13. The van der Waals surface area contributed by atoms with Gasteiger partial charge >= 0.3 is 22.0 Å². The molecule has 0 aliphatic heterocycles. The molecule has 0 saturated heterocycles. The first-order valence-electron chi connectivity index (χ1n) is 11.9. The summed E-state index contributed by atoms with van der Waals surface area (Å²) in [4.78, 5) is 0. The second-order valence-corrected chi connectivity index (χ2v) is 15.7. The van der Waals surface area contributed by atoms with Crippen LogP contribution in [0.1, 0.15) is 25.7 Å². The van der Waals surface area contributed by atoms with Crippen LogP contribution in [0.3, 0.4) is 0 Å². The number of rotatable bonds is 11. The number of alkyl halides is 12. The number of unbranched alkanes of at least 4 members (excludes halogenated alkanes) is 3. The first-order chi connectivity index (χ1) is 21.2. The molecule has 0 atom stereocenters. The van der Waals surface area contributed by atoms with Gasteiger partial charge in [0, 0.05) is 0 Å². The minimum atomic E-state index is -6.72. The molecule has 0 aromatic carbocycles. The van der Waals surface area contributed by atoms with E-state index in [1.807, 2.05) is 0 Å². The van der Waals surface area contributed by atoms with Crippen molar-refractivity contribution < 1.29 is 95.5 Å². The molecule has 0 saturated carbocycles. The summed E-state index contributed by atoms with van der Waals surface area (Å²) in [5.41, 5.74) is -24.8. The molecule has 0 N–H and O–H groups in total. The molecule has 0 radical (unpaired) electrons. The molecule has 30 heteroatoms. The van der Waals surface area contributed by atoms with Crippen LogP contribution in [0.25, 0.3) is 8.25 Å². The summed E-state index contributed by atoms with van der Waals surface area (Å²) in [5.74, 6) is 0. The Labute approximate surface area is 265 Å². The molecule has 2 aromatic rings. The fourth-order valence-electron chi connectivity index (χ4n) is 2.64. The lowest BCUT2D eigenvalue weighted by molar-refractivity contribution is -0.671. The van der Waals surface area contributed by atoms with E-state index in [0.29, 0.717) is 0 Å². The summed E-state index contributed by atoms with van der Waals surface area (Å²) in [7, 11) is -22.8. The molecule has 2 heterocycles. The Balaban J connectivity index is 0.000000696. The Bertz CT molecular complexity index is 1550. The van der Waals surface area contributed by atoms with Crippen LogP contribution in [-0.4, -0.2) is 64.8 Å². The van der Waals surface area contributed by atoms with Crippen molar-refractivity contribution in [2.24, 2.45) is 14.1 Å². The zero-order chi connectivity index (χ0) is 38.2. The third-order valence-electron chi connectivity index (χ3n) is 4.79. The predicted molar refractivity (Wildman–Crippen MR) is 136 cm³/mol. The van der Waals surface area contributed by atoms with E-state index in [2.05, 4.69) is 69.8 Å². The number of aryl methyl sites for hydroxylation is 4. The van der Waals surface area contributed by atoms with Gasteiger partial charge in [0.1, 0.15) is 24.8 Å². The van der Waals surface area contributed by atoms with Gasteiger partial charge in [-0.15, -0.1) is 0 Å². The van der Waals surface area contributed by atoms with Gasteiger partial charge in [-0.2, -0.15) is 52.7 Å². The topological polar surface area (TPSA) is 182 Å². The van der Waals surface area contributed by atoms with Crippen molar-refractivity contribution in [1.29, 1.82) is 0 Å². The quantitative estimate of drug-likeness (QED) is 0.188. The Hall–Kier alpha value is -2.70. The molecular formula is C18H24F12N6O8S4. The van der Waals surface area contributed by atoms with Crippen LogP contribution in [0, 0.1) is 0 Å². The third kappa shape index (κ3) is 14.8. The average Bonchev–Trinajstić information content (AvgIpc) is 3.45. The second kappa shape index (κ2) is 16.3. The zero-order valence-corrected chi connectivity index (χ0v) is 27.1. The summed E-state index contributed by atoms with van der Waals surface area (Å²) in [5, 5.41) is 0. The minimum Gasteiger partial charge on any atom is -0.421 e. The summed E-state index contributed by atoms with van der Waals surface area (Å²) < 4.78 is 227. The largest absolute Gasteiger partial charge is 0.480 e. The molecule has 2 aromatic heterocycles. The first kappa shape index (κ1) is 45.3. The molecule has 0 bridgehead atoms. The van der Waals surface area contributed by atoms with Crippen molar-refractivity contribution in [2.45, 2.75) is 60.8 Å². The van der Waals surface area contributed by atoms with Gasteiger partial charge in [0.25, 0.3) is 0 Å². The van der Waals surface area contributed by atoms with E-state index < -0.39 is 62.1 Å². The summed E-state index contributed by atoms with van der Waals surface area (Å²) in [6, 6.07) is 0. The number of imidazole rings is 2. The van der Waals surface area contributed by atoms with E-state index in [1.54, 1.807) is 0 Å². The van der Waals surface area contributed by atoms with Gasteiger partial charge in [0.05, 0.1) is 27.2 Å². The Kier molecular flexibility index (Phi) is 15.4. The fraction of sp³-hybridized carbons (Fsp3) is 0.667. The van der Waals surface area contributed by atoms with Crippen molar-refractivity contribution >= 4 is 40.1 Å². The zero-order valence-electron chi connectivity index (χ0n) is 23.8. The van der Waals surface area contributed by atoms with E-state index in [0.717, 1.165) is 21.3 Å². The van der Waals surface area contributed by atoms with Crippen molar-refractivity contribution in [1.82, 2.24) is 9.13 Å². The molecule has 0 spiro atoms. The number of hydrogen-bond acceptors (Lipinski definition) is 8. The lowest BCUT2D eigenvalue weighted by Gasteiger charge is -2.22. The summed E-state index contributed by atoms with van der Waals surface area (Å²) in [6.45, 7) is 2.28. The van der Waals surface area contributed by atoms with Crippen molar-refractivity contribution in [3.63, 3.8) is 0 Å². The van der Waals surface area contributed by atoms with E-state index >= 15 is 0 Å². The molecule has 0 amide bonds.